The van der Waals surface area contributed by atoms with E-state index in [9.17, 15) is 4.79 Å². The van der Waals surface area contributed by atoms with Gasteiger partial charge in [0.15, 0.2) is 5.78 Å². The summed E-state index contributed by atoms with van der Waals surface area (Å²) in [7, 11) is 0. The normalized spacial score (nSPS) is 11.2. The molecule has 1 heteroatoms. The molecule has 92 valence electrons. The van der Waals surface area contributed by atoms with E-state index in [0.29, 0.717) is 6.42 Å². The van der Waals surface area contributed by atoms with Crippen molar-refractivity contribution in [2.75, 3.05) is 0 Å². The van der Waals surface area contributed by atoms with E-state index < -0.39 is 0 Å². The number of allylic oxidation sites excluding steroid dienone is 1. The minimum Gasteiger partial charge on any atom is -0.294 e. The van der Waals surface area contributed by atoms with E-state index in [2.05, 4.69) is 37.3 Å². The van der Waals surface area contributed by atoms with Gasteiger partial charge in [0, 0.05) is 12.0 Å². The van der Waals surface area contributed by atoms with Gasteiger partial charge >= 0.3 is 0 Å². The average Bonchev–Trinajstić information content (AvgIpc) is 2.43. The number of ketones is 1. The van der Waals surface area contributed by atoms with Gasteiger partial charge in [-0.1, -0.05) is 50.3 Å². The third-order valence-corrected chi connectivity index (χ3v) is 3.05. The zero-order chi connectivity index (χ0) is 13.0. The van der Waals surface area contributed by atoms with Gasteiger partial charge < -0.3 is 0 Å². The maximum absolute atomic E-state index is 11.7. The Kier molecular flexibility index (Phi) is 3.93. The number of carbonyl (C=O) groups excluding carboxylic acids is 1. The van der Waals surface area contributed by atoms with Crippen LogP contribution >= 0.6 is 0 Å². The number of carbonyl (C=O) groups is 1. The van der Waals surface area contributed by atoms with Crippen LogP contribution in [0.2, 0.25) is 0 Å². The fraction of sp³-hybridized carbons (Fsp3) is 0.235. The molecule has 0 radical (unpaired) electrons. The summed E-state index contributed by atoms with van der Waals surface area (Å²) in [6.45, 7) is 4.02. The van der Waals surface area contributed by atoms with Gasteiger partial charge in [-0.25, -0.2) is 0 Å². The van der Waals surface area contributed by atoms with Gasteiger partial charge in [0.25, 0.3) is 0 Å². The first-order valence-corrected chi connectivity index (χ1v) is 6.48. The summed E-state index contributed by atoms with van der Waals surface area (Å²) < 4.78 is 0. The fourth-order valence-electron chi connectivity index (χ4n) is 2.00. The monoisotopic (exact) mass is 238 g/mol. The second-order valence-electron chi connectivity index (χ2n) is 4.41. The number of Topliss-reactive ketones (excluding diaryl/α,β-unsaturated/α-hetero) is 1. The predicted octanol–water partition coefficient (Wildman–Crippen LogP) is 4.86. The van der Waals surface area contributed by atoms with Crippen molar-refractivity contribution in [1.29, 1.82) is 0 Å². The second-order valence-corrected chi connectivity index (χ2v) is 4.41. The third-order valence-electron chi connectivity index (χ3n) is 3.05. The maximum Gasteiger partial charge on any atom is 0.162 e. The van der Waals surface area contributed by atoms with Crippen LogP contribution < -0.4 is 0 Å². The summed E-state index contributed by atoms with van der Waals surface area (Å²) in [5, 5.41) is 2.31. The Morgan fingerprint density at radius 3 is 2.50 bits per heavy atom. The summed E-state index contributed by atoms with van der Waals surface area (Å²) >= 11 is 0. The molecule has 0 amide bonds. The van der Waals surface area contributed by atoms with Crippen molar-refractivity contribution in [2.45, 2.75) is 26.7 Å². The van der Waals surface area contributed by atoms with Crippen molar-refractivity contribution in [3.63, 3.8) is 0 Å². The number of fused-ring (bicyclic) bond motifs is 1. The Morgan fingerprint density at radius 2 is 1.78 bits per heavy atom. The number of hydrogen-bond acceptors (Lipinski definition) is 1. The van der Waals surface area contributed by atoms with Gasteiger partial charge in [-0.3, -0.25) is 4.79 Å². The lowest BCUT2D eigenvalue weighted by Crippen LogP contribution is -1.95. The molecule has 0 saturated carbocycles. The highest BCUT2D eigenvalue weighted by molar-refractivity contribution is 6.00. The summed E-state index contributed by atoms with van der Waals surface area (Å²) in [5.74, 6) is 0.201. The second kappa shape index (κ2) is 5.63. The molecule has 0 fully saturated rings. The molecule has 2 aromatic rings. The molecule has 0 unspecified atom stereocenters. The molecule has 2 aromatic carbocycles. The summed E-state index contributed by atoms with van der Waals surface area (Å²) in [6, 6.07) is 12.3. The Morgan fingerprint density at radius 1 is 1.06 bits per heavy atom. The van der Waals surface area contributed by atoms with Crippen molar-refractivity contribution in [2.24, 2.45) is 0 Å². The topological polar surface area (TPSA) is 17.1 Å². The Labute approximate surface area is 108 Å². The Hall–Kier alpha value is -1.89. The molecule has 0 spiro atoms. The minimum atomic E-state index is 0.201. The van der Waals surface area contributed by atoms with E-state index in [0.717, 1.165) is 17.4 Å². The van der Waals surface area contributed by atoms with Crippen LogP contribution in [0.5, 0.6) is 0 Å². The van der Waals surface area contributed by atoms with Crippen molar-refractivity contribution in [3.8, 4) is 0 Å². The summed E-state index contributed by atoms with van der Waals surface area (Å²) in [4.78, 5) is 11.7. The van der Waals surface area contributed by atoms with Crippen molar-refractivity contribution < 1.29 is 4.79 Å². The van der Waals surface area contributed by atoms with Crippen LogP contribution in [-0.2, 0) is 0 Å². The molecular formula is C17H18O. The lowest BCUT2D eigenvalue weighted by atomic mass is 10.0. The van der Waals surface area contributed by atoms with Gasteiger partial charge in [-0.15, -0.1) is 0 Å². The third kappa shape index (κ3) is 2.67. The number of hydrogen-bond donors (Lipinski definition) is 0. The molecule has 18 heavy (non-hydrogen) atoms. The van der Waals surface area contributed by atoms with Crippen molar-refractivity contribution >= 4 is 22.6 Å². The first-order valence-electron chi connectivity index (χ1n) is 6.48. The lowest BCUT2D eigenvalue weighted by molar-refractivity contribution is 0.0988. The highest BCUT2D eigenvalue weighted by Crippen LogP contribution is 2.19. The van der Waals surface area contributed by atoms with Crippen LogP contribution in [0.15, 0.2) is 42.5 Å². The van der Waals surface area contributed by atoms with E-state index in [1.54, 1.807) is 0 Å². The van der Waals surface area contributed by atoms with Crippen molar-refractivity contribution in [3.05, 3.63) is 53.6 Å². The van der Waals surface area contributed by atoms with Crippen LogP contribution in [0.4, 0.5) is 0 Å². The van der Waals surface area contributed by atoms with Gasteiger partial charge in [0.05, 0.1) is 0 Å². The Balaban J connectivity index is 2.42. The van der Waals surface area contributed by atoms with Gasteiger partial charge in [0.1, 0.15) is 0 Å². The van der Waals surface area contributed by atoms with E-state index in [4.69, 9.17) is 0 Å². The predicted molar refractivity (Wildman–Crippen MR) is 77.9 cm³/mol. The molecule has 0 aliphatic carbocycles. The summed E-state index contributed by atoms with van der Waals surface area (Å²) in [5.41, 5.74) is 2.01. The molecule has 0 aliphatic rings. The quantitative estimate of drug-likeness (QED) is 0.695. The molecule has 0 atom stereocenters. The number of rotatable bonds is 4. The zero-order valence-corrected chi connectivity index (χ0v) is 10.9. The van der Waals surface area contributed by atoms with E-state index in [1.807, 2.05) is 25.1 Å². The van der Waals surface area contributed by atoms with Gasteiger partial charge in [-0.05, 0) is 34.9 Å². The molecule has 0 N–H and O–H groups in total. The van der Waals surface area contributed by atoms with Crippen LogP contribution in [0.25, 0.3) is 16.8 Å². The summed E-state index contributed by atoms with van der Waals surface area (Å²) in [6.07, 6.45) is 5.88. The standard InChI is InChI=1S/C17H18O/c1-3-5-6-13-7-8-15-12-16(17(18)4-2)10-9-14(15)11-13/h5-12H,3-4H2,1-2H3. The maximum atomic E-state index is 11.7. The first kappa shape index (κ1) is 12.6. The largest absolute Gasteiger partial charge is 0.294 e. The highest BCUT2D eigenvalue weighted by atomic mass is 16.1. The van der Waals surface area contributed by atoms with Crippen LogP contribution in [0.3, 0.4) is 0 Å². The molecule has 0 aromatic heterocycles. The van der Waals surface area contributed by atoms with Crippen LogP contribution in [0, 0.1) is 0 Å². The number of benzene rings is 2. The molecule has 0 saturated heterocycles. The van der Waals surface area contributed by atoms with E-state index in [1.165, 1.54) is 10.9 Å². The molecular weight excluding hydrogens is 220 g/mol. The Bertz CT molecular complexity index is 594. The lowest BCUT2D eigenvalue weighted by Gasteiger charge is -2.03. The SMILES string of the molecule is CCC=Cc1ccc2cc(C(=O)CC)ccc2c1. The van der Waals surface area contributed by atoms with Gasteiger partial charge in [-0.2, -0.15) is 0 Å². The molecule has 2 rings (SSSR count). The van der Waals surface area contributed by atoms with E-state index >= 15 is 0 Å². The van der Waals surface area contributed by atoms with E-state index in [-0.39, 0.29) is 5.78 Å². The molecule has 1 nitrogen and oxygen atoms in total. The smallest absolute Gasteiger partial charge is 0.162 e. The highest BCUT2D eigenvalue weighted by Gasteiger charge is 2.03. The zero-order valence-electron chi connectivity index (χ0n) is 10.9. The molecule has 0 aliphatic heterocycles. The molecule has 0 heterocycles. The fourth-order valence-corrected chi connectivity index (χ4v) is 2.00. The minimum absolute atomic E-state index is 0.201. The average molecular weight is 238 g/mol. The molecule has 0 bridgehead atoms. The van der Waals surface area contributed by atoms with Gasteiger partial charge in [0.2, 0.25) is 0 Å². The first-order chi connectivity index (χ1) is 8.74. The van der Waals surface area contributed by atoms with Crippen LogP contribution in [0.1, 0.15) is 42.6 Å². The van der Waals surface area contributed by atoms with Crippen molar-refractivity contribution in [1.82, 2.24) is 0 Å². The van der Waals surface area contributed by atoms with Crippen LogP contribution in [-0.4, -0.2) is 5.78 Å².